The normalized spacial score (nSPS) is 37.5. The van der Waals surface area contributed by atoms with Gasteiger partial charge in [-0.05, 0) is 79.3 Å². The minimum Gasteiger partial charge on any atom is -0.393 e. The molecule has 3 saturated carbocycles. The first-order chi connectivity index (χ1) is 15.5. The third-order valence-corrected chi connectivity index (χ3v) is 8.40. The van der Waals surface area contributed by atoms with Crippen LogP contribution in [0.1, 0.15) is 64.7 Å². The average Bonchev–Trinajstić information content (AvgIpc) is 3.41. The van der Waals surface area contributed by atoms with E-state index >= 15 is 0 Å². The van der Waals surface area contributed by atoms with Crippen LogP contribution in [-0.4, -0.2) is 39.8 Å². The number of hydrogen-bond donors (Lipinski definition) is 3. The van der Waals surface area contributed by atoms with Crippen LogP contribution in [0.2, 0.25) is 0 Å². The van der Waals surface area contributed by atoms with Gasteiger partial charge in [-0.3, -0.25) is 0 Å². The molecule has 3 fully saturated rings. The molecule has 0 radical (unpaired) electrons. The number of aliphatic hydroxyl groups is 3. The summed E-state index contributed by atoms with van der Waals surface area (Å²) < 4.78 is 37.9. The highest BCUT2D eigenvalue weighted by atomic mass is 19.4. The van der Waals surface area contributed by atoms with Gasteiger partial charge in [0.2, 0.25) is 0 Å². The lowest BCUT2D eigenvalue weighted by molar-refractivity contribution is -0.187. The molecule has 0 aromatic rings. The van der Waals surface area contributed by atoms with Crippen molar-refractivity contribution in [1.82, 2.24) is 0 Å². The van der Waals surface area contributed by atoms with Gasteiger partial charge >= 0.3 is 6.18 Å². The number of rotatable bonds is 5. The second kappa shape index (κ2) is 8.86. The van der Waals surface area contributed by atoms with Gasteiger partial charge in [0.15, 0.2) is 6.10 Å². The minimum atomic E-state index is -4.62. The summed E-state index contributed by atoms with van der Waals surface area (Å²) in [6, 6.07) is 0. The topological polar surface area (TPSA) is 60.7 Å². The van der Waals surface area contributed by atoms with Crippen LogP contribution in [0, 0.1) is 16.7 Å². The summed E-state index contributed by atoms with van der Waals surface area (Å²) in [7, 11) is 0. The molecule has 4 aliphatic carbocycles. The SMILES string of the molecule is C=C1/C(=C\C=C2/CCCC3(C)C(C4(C/C=C\C(O)C(F)(F)F)CC4)=CC[C@@H]23)C[C@@H](O)CC1O. The molecule has 4 rings (SSSR count). The highest BCUT2D eigenvalue weighted by molar-refractivity contribution is 5.42. The van der Waals surface area contributed by atoms with Crippen LogP contribution < -0.4 is 0 Å². The van der Waals surface area contributed by atoms with Crippen LogP contribution in [0.4, 0.5) is 13.2 Å². The third kappa shape index (κ3) is 4.80. The Morgan fingerprint density at radius 1 is 1.21 bits per heavy atom. The zero-order valence-electron chi connectivity index (χ0n) is 19.2. The summed E-state index contributed by atoms with van der Waals surface area (Å²) in [5.41, 5.74) is 4.27. The number of aliphatic hydroxyl groups excluding tert-OH is 3. The van der Waals surface area contributed by atoms with Crippen molar-refractivity contribution in [2.45, 2.75) is 89.2 Å². The lowest BCUT2D eigenvalue weighted by Gasteiger charge is -2.43. The van der Waals surface area contributed by atoms with E-state index in [0.29, 0.717) is 30.8 Å². The molecule has 4 aliphatic rings. The quantitative estimate of drug-likeness (QED) is 0.458. The molecule has 0 spiro atoms. The van der Waals surface area contributed by atoms with Crippen LogP contribution in [0.5, 0.6) is 0 Å². The molecule has 0 aromatic carbocycles. The summed E-state index contributed by atoms with van der Waals surface area (Å²) >= 11 is 0. The molecule has 0 amide bonds. The fourth-order valence-electron chi connectivity index (χ4n) is 6.37. The largest absolute Gasteiger partial charge is 0.417 e. The summed E-state index contributed by atoms with van der Waals surface area (Å²) in [6.45, 7) is 6.30. The molecule has 33 heavy (non-hydrogen) atoms. The van der Waals surface area contributed by atoms with Crippen LogP contribution in [0.3, 0.4) is 0 Å². The van der Waals surface area contributed by atoms with Gasteiger partial charge in [-0.2, -0.15) is 13.2 Å². The maximum absolute atomic E-state index is 12.6. The first-order valence-electron chi connectivity index (χ1n) is 12.0. The van der Waals surface area contributed by atoms with E-state index in [0.717, 1.165) is 50.2 Å². The summed E-state index contributed by atoms with van der Waals surface area (Å²) in [5.74, 6) is 0.368. The van der Waals surface area contributed by atoms with Crippen molar-refractivity contribution in [3.8, 4) is 0 Å². The molecule has 3 unspecified atom stereocenters. The van der Waals surface area contributed by atoms with E-state index in [1.54, 1.807) is 0 Å². The highest BCUT2D eigenvalue weighted by Crippen LogP contribution is 2.67. The Balaban J connectivity index is 1.50. The van der Waals surface area contributed by atoms with E-state index in [2.05, 4.69) is 25.7 Å². The van der Waals surface area contributed by atoms with Gasteiger partial charge in [-0.25, -0.2) is 0 Å². The van der Waals surface area contributed by atoms with Gasteiger partial charge in [0, 0.05) is 6.42 Å². The van der Waals surface area contributed by atoms with E-state index in [4.69, 9.17) is 0 Å². The molecule has 5 atom stereocenters. The Hall–Kier alpha value is -1.63. The van der Waals surface area contributed by atoms with Gasteiger partial charge in [0.05, 0.1) is 12.2 Å². The van der Waals surface area contributed by atoms with Crippen LogP contribution >= 0.6 is 0 Å². The minimum absolute atomic E-state index is 0.00181. The average molecular weight is 465 g/mol. The second-order valence-corrected chi connectivity index (χ2v) is 10.6. The summed E-state index contributed by atoms with van der Waals surface area (Å²) in [4.78, 5) is 0. The fourth-order valence-corrected chi connectivity index (χ4v) is 6.37. The molecule has 0 aliphatic heterocycles. The van der Waals surface area contributed by atoms with Gasteiger partial charge in [0.1, 0.15) is 0 Å². The van der Waals surface area contributed by atoms with Gasteiger partial charge in [-0.15, -0.1) is 0 Å². The molecule has 182 valence electrons. The molecule has 0 bridgehead atoms. The molecule has 3 N–H and O–H groups in total. The van der Waals surface area contributed by atoms with Gasteiger partial charge < -0.3 is 15.3 Å². The first kappa shape index (κ1) is 24.5. The van der Waals surface area contributed by atoms with E-state index in [-0.39, 0.29) is 10.8 Å². The molecule has 0 aromatic heterocycles. The lowest BCUT2D eigenvalue weighted by atomic mass is 9.61. The predicted octanol–water partition coefficient (Wildman–Crippen LogP) is 5.70. The summed E-state index contributed by atoms with van der Waals surface area (Å²) in [6.07, 6.45) is 8.01. The number of hydrogen-bond acceptors (Lipinski definition) is 3. The van der Waals surface area contributed by atoms with Crippen molar-refractivity contribution in [3.05, 3.63) is 59.3 Å². The van der Waals surface area contributed by atoms with Crippen molar-refractivity contribution in [3.63, 3.8) is 0 Å². The Labute approximate surface area is 194 Å². The van der Waals surface area contributed by atoms with Crippen molar-refractivity contribution in [2.75, 3.05) is 0 Å². The van der Waals surface area contributed by atoms with E-state index in [9.17, 15) is 28.5 Å². The maximum atomic E-state index is 12.6. The number of allylic oxidation sites excluding steroid dienone is 6. The number of alkyl halides is 3. The van der Waals surface area contributed by atoms with Gasteiger partial charge in [-0.1, -0.05) is 55.0 Å². The predicted molar refractivity (Wildman–Crippen MR) is 122 cm³/mol. The number of halogens is 3. The standard InChI is InChI=1S/C27H35F3O3/c1-17-19(15-20(31)16-22(17)32)8-7-18-5-3-11-25(2)21(18)9-10-23(25)26(13-14-26)12-4-6-24(33)27(28,29)30/h4,6-8,10,20-22,24,31-33H,1,3,5,9,11-16H2,2H3/b6-4-,18-7+,19-8-/t20-,21+,22?,24?,25?/m1/s1. The lowest BCUT2D eigenvalue weighted by Crippen LogP contribution is -2.33. The van der Waals surface area contributed by atoms with E-state index in [1.165, 1.54) is 17.2 Å². The molecule has 0 heterocycles. The monoisotopic (exact) mass is 464 g/mol. The molecule has 3 nitrogen and oxygen atoms in total. The molecule has 6 heteroatoms. The Kier molecular flexibility index (Phi) is 6.58. The van der Waals surface area contributed by atoms with E-state index < -0.39 is 24.5 Å². The van der Waals surface area contributed by atoms with Crippen molar-refractivity contribution < 1.29 is 28.5 Å². The van der Waals surface area contributed by atoms with Crippen LogP contribution in [0.15, 0.2) is 59.3 Å². The molecular weight excluding hydrogens is 429 g/mol. The Bertz CT molecular complexity index is 906. The maximum Gasteiger partial charge on any atom is 0.417 e. The zero-order chi connectivity index (χ0) is 24.0. The van der Waals surface area contributed by atoms with Crippen LogP contribution in [-0.2, 0) is 0 Å². The van der Waals surface area contributed by atoms with Crippen molar-refractivity contribution in [2.24, 2.45) is 16.7 Å². The second-order valence-electron chi connectivity index (χ2n) is 10.6. The third-order valence-electron chi connectivity index (χ3n) is 8.40. The molecular formula is C27H35F3O3. The van der Waals surface area contributed by atoms with E-state index in [1.807, 2.05) is 6.08 Å². The molecule has 0 saturated heterocycles. The summed E-state index contributed by atoms with van der Waals surface area (Å²) in [5, 5.41) is 29.4. The highest BCUT2D eigenvalue weighted by Gasteiger charge is 2.56. The first-order valence-corrected chi connectivity index (χ1v) is 12.0. The fraction of sp³-hybridized carbons (Fsp3) is 0.630. The zero-order valence-corrected chi connectivity index (χ0v) is 19.2. The Morgan fingerprint density at radius 3 is 2.61 bits per heavy atom. The van der Waals surface area contributed by atoms with Crippen molar-refractivity contribution >= 4 is 0 Å². The van der Waals surface area contributed by atoms with Gasteiger partial charge in [0.25, 0.3) is 0 Å². The van der Waals surface area contributed by atoms with Crippen LogP contribution in [0.25, 0.3) is 0 Å². The Morgan fingerprint density at radius 2 is 1.94 bits per heavy atom. The van der Waals surface area contributed by atoms with Crippen molar-refractivity contribution in [1.29, 1.82) is 0 Å². The number of fused-ring (bicyclic) bond motifs is 1. The smallest absolute Gasteiger partial charge is 0.393 e.